The van der Waals surface area contributed by atoms with E-state index >= 15 is 0 Å². The normalized spacial score (nSPS) is 16.4. The zero-order chi connectivity index (χ0) is 27.2. The largest absolute Gasteiger partial charge is 0.395 e. The molecule has 0 aromatic heterocycles. The highest BCUT2D eigenvalue weighted by atomic mass is 16.5. The maximum atomic E-state index is 13.4. The molecule has 1 heterocycles. The number of hydrogen-bond donors (Lipinski definition) is 2. The maximum Gasteiger partial charge on any atom is 0.254 e. The summed E-state index contributed by atoms with van der Waals surface area (Å²) >= 11 is 0. The van der Waals surface area contributed by atoms with E-state index in [1.807, 2.05) is 82.0 Å². The van der Waals surface area contributed by atoms with Crippen LogP contribution in [0.15, 0.2) is 48.5 Å². The molecule has 2 amide bonds. The van der Waals surface area contributed by atoms with Gasteiger partial charge in [0.05, 0.1) is 31.5 Å². The van der Waals surface area contributed by atoms with Crippen molar-refractivity contribution in [2.75, 3.05) is 32.9 Å². The number of amides is 2. The lowest BCUT2D eigenvalue weighted by atomic mass is 9.94. The first-order valence-electron chi connectivity index (χ1n) is 13.1. The van der Waals surface area contributed by atoms with Gasteiger partial charge in [0.25, 0.3) is 11.8 Å². The molecule has 1 atom stereocenters. The minimum Gasteiger partial charge on any atom is -0.395 e. The summed E-state index contributed by atoms with van der Waals surface area (Å²) in [4.78, 5) is 30.3. The van der Waals surface area contributed by atoms with Gasteiger partial charge in [0.2, 0.25) is 0 Å². The topological polar surface area (TPSA) is 90.3 Å². The molecule has 0 radical (unpaired) electrons. The molecule has 0 bridgehead atoms. The second kappa shape index (κ2) is 12.2. The number of β-amino-alcohol motifs (C(OH)–C–C–N with tert-alkyl or cyclic N) is 1. The number of ether oxygens (including phenoxy) is 1. The Balaban J connectivity index is 1.72. The summed E-state index contributed by atoms with van der Waals surface area (Å²) in [6, 6.07) is 14.9. The SMILES string of the molecule is CC(C)(C)N(CCO)C(=O)c1ccccc1CCC(O)Cc1ccccc1C(=O)N1CCOCC1(C)C. The summed E-state index contributed by atoms with van der Waals surface area (Å²) in [5, 5.41) is 20.5. The van der Waals surface area contributed by atoms with Crippen LogP contribution in [0.25, 0.3) is 0 Å². The van der Waals surface area contributed by atoms with Gasteiger partial charge < -0.3 is 24.7 Å². The third-order valence-corrected chi connectivity index (χ3v) is 6.97. The van der Waals surface area contributed by atoms with Crippen molar-refractivity contribution in [3.63, 3.8) is 0 Å². The fraction of sp³-hybridized carbons (Fsp3) is 0.533. The lowest BCUT2D eigenvalue weighted by molar-refractivity contribution is -0.0371. The second-order valence-electron chi connectivity index (χ2n) is 11.4. The number of nitrogens with zero attached hydrogens (tertiary/aromatic N) is 2. The van der Waals surface area contributed by atoms with E-state index in [2.05, 4.69) is 0 Å². The Bertz CT molecular complexity index is 1080. The van der Waals surface area contributed by atoms with Crippen molar-refractivity contribution in [2.45, 2.75) is 71.1 Å². The minimum absolute atomic E-state index is 0.0433. The number of morpholine rings is 1. The van der Waals surface area contributed by atoms with Gasteiger partial charge in [0.1, 0.15) is 0 Å². The molecule has 1 saturated heterocycles. The summed E-state index contributed by atoms with van der Waals surface area (Å²) < 4.78 is 5.57. The van der Waals surface area contributed by atoms with Crippen LogP contribution >= 0.6 is 0 Å². The lowest BCUT2D eigenvalue weighted by Crippen LogP contribution is -2.55. The Morgan fingerprint density at radius 2 is 1.68 bits per heavy atom. The molecule has 3 rings (SSSR count). The summed E-state index contributed by atoms with van der Waals surface area (Å²) in [5.74, 6) is -0.172. The predicted octanol–water partition coefficient (Wildman–Crippen LogP) is 3.71. The Labute approximate surface area is 221 Å². The third-order valence-electron chi connectivity index (χ3n) is 6.97. The standard InChI is InChI=1S/C30H42N2O5/c1-29(2,3)31(16-18-33)27(35)25-12-8-6-10-22(25)14-15-24(34)20-23-11-7-9-13-26(23)28(36)32-17-19-37-21-30(32,4)5/h6-13,24,33-34H,14-21H2,1-5H3. The second-order valence-corrected chi connectivity index (χ2v) is 11.4. The van der Waals surface area contributed by atoms with Gasteiger partial charge in [0.15, 0.2) is 0 Å². The first kappa shape index (κ1) is 28.8. The van der Waals surface area contributed by atoms with Crippen LogP contribution in [0.5, 0.6) is 0 Å². The van der Waals surface area contributed by atoms with Crippen molar-refractivity contribution in [1.29, 1.82) is 0 Å². The highest BCUT2D eigenvalue weighted by molar-refractivity contribution is 5.97. The molecular formula is C30H42N2O5. The number of carbonyl (C=O) groups is 2. The molecule has 0 spiro atoms. The Hall–Kier alpha value is -2.74. The van der Waals surface area contributed by atoms with Crippen LogP contribution in [-0.2, 0) is 17.6 Å². The fourth-order valence-electron chi connectivity index (χ4n) is 4.90. The van der Waals surface area contributed by atoms with Crippen LogP contribution in [-0.4, -0.2) is 81.9 Å². The summed E-state index contributed by atoms with van der Waals surface area (Å²) in [5.41, 5.74) is 2.04. The average molecular weight is 511 g/mol. The maximum absolute atomic E-state index is 13.4. The van der Waals surface area contributed by atoms with Gasteiger partial charge in [-0.15, -0.1) is 0 Å². The van der Waals surface area contributed by atoms with Crippen molar-refractivity contribution in [1.82, 2.24) is 9.80 Å². The molecule has 1 aliphatic rings. The van der Waals surface area contributed by atoms with Crippen LogP contribution in [0.2, 0.25) is 0 Å². The molecule has 0 saturated carbocycles. The number of aliphatic hydroxyl groups is 2. The number of hydrogen-bond acceptors (Lipinski definition) is 5. The first-order valence-corrected chi connectivity index (χ1v) is 13.1. The van der Waals surface area contributed by atoms with Crippen molar-refractivity contribution < 1.29 is 24.5 Å². The van der Waals surface area contributed by atoms with Crippen molar-refractivity contribution in [3.05, 3.63) is 70.8 Å². The molecule has 0 aliphatic carbocycles. The number of carbonyl (C=O) groups excluding carboxylic acids is 2. The molecule has 2 N–H and O–H groups in total. The quantitative estimate of drug-likeness (QED) is 0.537. The molecule has 2 aromatic rings. The van der Waals surface area contributed by atoms with Crippen LogP contribution in [0, 0.1) is 0 Å². The third kappa shape index (κ3) is 7.18. The van der Waals surface area contributed by atoms with Crippen molar-refractivity contribution in [2.24, 2.45) is 0 Å². The molecule has 7 nitrogen and oxygen atoms in total. The summed E-state index contributed by atoms with van der Waals surface area (Å²) in [7, 11) is 0. The van der Waals surface area contributed by atoms with Crippen LogP contribution in [0.1, 0.15) is 72.9 Å². The van der Waals surface area contributed by atoms with E-state index in [0.717, 1.165) is 11.1 Å². The predicted molar refractivity (Wildman–Crippen MR) is 145 cm³/mol. The Kier molecular flexibility index (Phi) is 9.51. The fourth-order valence-corrected chi connectivity index (χ4v) is 4.90. The number of aryl methyl sites for hydroxylation is 1. The highest BCUT2D eigenvalue weighted by Crippen LogP contribution is 2.25. The average Bonchev–Trinajstić information content (AvgIpc) is 2.85. The van der Waals surface area contributed by atoms with Gasteiger partial charge in [0, 0.05) is 29.8 Å². The van der Waals surface area contributed by atoms with E-state index in [1.165, 1.54) is 0 Å². The van der Waals surface area contributed by atoms with Crippen LogP contribution in [0.4, 0.5) is 0 Å². The molecule has 202 valence electrons. The minimum atomic E-state index is -0.675. The number of rotatable bonds is 9. The van der Waals surface area contributed by atoms with E-state index in [4.69, 9.17) is 4.74 Å². The number of benzene rings is 2. The molecule has 2 aromatic carbocycles. The summed E-state index contributed by atoms with van der Waals surface area (Å²) in [6.45, 7) is 11.5. The Morgan fingerprint density at radius 1 is 1.05 bits per heavy atom. The van der Waals surface area contributed by atoms with Gasteiger partial charge in [-0.3, -0.25) is 9.59 Å². The number of aliphatic hydroxyl groups excluding tert-OH is 2. The molecule has 37 heavy (non-hydrogen) atoms. The van der Waals surface area contributed by atoms with Crippen molar-refractivity contribution >= 4 is 11.8 Å². The van der Waals surface area contributed by atoms with Crippen molar-refractivity contribution in [3.8, 4) is 0 Å². The van der Waals surface area contributed by atoms with Crippen LogP contribution in [0.3, 0.4) is 0 Å². The molecular weight excluding hydrogens is 468 g/mol. The lowest BCUT2D eigenvalue weighted by Gasteiger charge is -2.42. The van der Waals surface area contributed by atoms with Gasteiger partial charge in [-0.2, -0.15) is 0 Å². The zero-order valence-electron chi connectivity index (χ0n) is 22.9. The Morgan fingerprint density at radius 3 is 2.30 bits per heavy atom. The zero-order valence-corrected chi connectivity index (χ0v) is 22.9. The van der Waals surface area contributed by atoms with Gasteiger partial charge >= 0.3 is 0 Å². The van der Waals surface area contributed by atoms with E-state index < -0.39 is 17.2 Å². The van der Waals surface area contributed by atoms with E-state index in [1.54, 1.807) is 11.0 Å². The van der Waals surface area contributed by atoms with Gasteiger partial charge in [-0.25, -0.2) is 0 Å². The van der Waals surface area contributed by atoms with Gasteiger partial charge in [-0.05, 0) is 77.1 Å². The monoisotopic (exact) mass is 510 g/mol. The van der Waals surface area contributed by atoms with E-state index in [9.17, 15) is 19.8 Å². The van der Waals surface area contributed by atoms with E-state index in [-0.39, 0.29) is 25.0 Å². The van der Waals surface area contributed by atoms with Gasteiger partial charge in [-0.1, -0.05) is 36.4 Å². The van der Waals surface area contributed by atoms with Crippen LogP contribution < -0.4 is 0 Å². The molecule has 1 unspecified atom stereocenters. The first-order chi connectivity index (χ1) is 17.5. The van der Waals surface area contributed by atoms with E-state index in [0.29, 0.717) is 50.1 Å². The molecule has 1 aliphatic heterocycles. The smallest absolute Gasteiger partial charge is 0.254 e. The summed E-state index contributed by atoms with van der Waals surface area (Å²) in [6.07, 6.45) is 0.644. The molecule has 7 heteroatoms. The highest BCUT2D eigenvalue weighted by Gasteiger charge is 2.35. The molecule has 1 fully saturated rings.